The van der Waals surface area contributed by atoms with Crippen LogP contribution in [0.1, 0.15) is 6.92 Å². The van der Waals surface area contributed by atoms with Crippen molar-refractivity contribution in [3.05, 3.63) is 0 Å². The minimum Gasteiger partial charge on any atom is -0.327 e. The number of aldehydes is 1. The summed E-state index contributed by atoms with van der Waals surface area (Å²) in [6, 6.07) is 0.188. The molecule has 4 heteroatoms. The SMILES string of the molecule is CC(N)CN1CCN[C@H](C=O)C1. The summed E-state index contributed by atoms with van der Waals surface area (Å²) in [4.78, 5) is 12.7. The van der Waals surface area contributed by atoms with Crippen LogP contribution in [0.15, 0.2) is 0 Å². The number of carbonyl (C=O) groups is 1. The van der Waals surface area contributed by atoms with E-state index in [-0.39, 0.29) is 12.1 Å². The average Bonchev–Trinajstić information content (AvgIpc) is 2.03. The summed E-state index contributed by atoms with van der Waals surface area (Å²) in [7, 11) is 0. The highest BCUT2D eigenvalue weighted by atomic mass is 16.1. The molecule has 1 aliphatic rings. The molecule has 12 heavy (non-hydrogen) atoms. The minimum atomic E-state index is -0.00231. The zero-order valence-electron chi connectivity index (χ0n) is 7.49. The van der Waals surface area contributed by atoms with Gasteiger partial charge in [-0.2, -0.15) is 0 Å². The van der Waals surface area contributed by atoms with Crippen molar-refractivity contribution >= 4 is 6.29 Å². The highest BCUT2D eigenvalue weighted by Gasteiger charge is 2.18. The van der Waals surface area contributed by atoms with E-state index in [2.05, 4.69) is 10.2 Å². The lowest BCUT2D eigenvalue weighted by Gasteiger charge is -2.31. The molecule has 0 aromatic carbocycles. The Morgan fingerprint density at radius 3 is 3.17 bits per heavy atom. The number of hydrogen-bond acceptors (Lipinski definition) is 4. The predicted octanol–water partition coefficient (Wildman–Crippen LogP) is -1.19. The largest absolute Gasteiger partial charge is 0.327 e. The van der Waals surface area contributed by atoms with Crippen molar-refractivity contribution < 1.29 is 4.79 Å². The molecule has 0 aromatic heterocycles. The first-order valence-corrected chi connectivity index (χ1v) is 4.39. The maximum atomic E-state index is 10.5. The maximum absolute atomic E-state index is 10.5. The normalized spacial score (nSPS) is 28.3. The Morgan fingerprint density at radius 1 is 1.83 bits per heavy atom. The summed E-state index contributed by atoms with van der Waals surface area (Å²) in [5.74, 6) is 0. The first-order valence-electron chi connectivity index (χ1n) is 4.39. The van der Waals surface area contributed by atoms with Gasteiger partial charge in [-0.25, -0.2) is 0 Å². The van der Waals surface area contributed by atoms with Gasteiger partial charge in [0.05, 0.1) is 6.04 Å². The molecule has 1 aliphatic heterocycles. The Morgan fingerprint density at radius 2 is 2.58 bits per heavy atom. The molecule has 1 fully saturated rings. The van der Waals surface area contributed by atoms with Gasteiger partial charge in [0, 0.05) is 32.2 Å². The molecule has 1 unspecified atom stereocenters. The van der Waals surface area contributed by atoms with Gasteiger partial charge in [0.2, 0.25) is 0 Å². The van der Waals surface area contributed by atoms with Gasteiger partial charge >= 0.3 is 0 Å². The van der Waals surface area contributed by atoms with E-state index in [1.54, 1.807) is 0 Å². The number of nitrogens with two attached hydrogens (primary N) is 1. The molecule has 0 aromatic rings. The Bertz CT molecular complexity index is 149. The zero-order chi connectivity index (χ0) is 8.97. The highest BCUT2D eigenvalue weighted by Crippen LogP contribution is 1.97. The van der Waals surface area contributed by atoms with Gasteiger partial charge < -0.3 is 15.8 Å². The molecule has 0 amide bonds. The van der Waals surface area contributed by atoms with Crippen LogP contribution in [0.2, 0.25) is 0 Å². The van der Waals surface area contributed by atoms with Crippen molar-refractivity contribution in [3.8, 4) is 0 Å². The molecule has 0 spiro atoms. The molecule has 1 heterocycles. The van der Waals surface area contributed by atoms with E-state index < -0.39 is 0 Å². The second kappa shape index (κ2) is 4.54. The molecule has 0 saturated carbocycles. The second-order valence-electron chi connectivity index (χ2n) is 3.43. The Kier molecular flexibility index (Phi) is 3.65. The van der Waals surface area contributed by atoms with E-state index in [9.17, 15) is 4.79 Å². The Hall–Kier alpha value is -0.450. The first kappa shape index (κ1) is 9.64. The van der Waals surface area contributed by atoms with Crippen LogP contribution in [0.4, 0.5) is 0 Å². The average molecular weight is 171 g/mol. The highest BCUT2D eigenvalue weighted by molar-refractivity contribution is 5.58. The van der Waals surface area contributed by atoms with Gasteiger partial charge in [-0.3, -0.25) is 4.90 Å². The van der Waals surface area contributed by atoms with E-state index in [4.69, 9.17) is 5.73 Å². The lowest BCUT2D eigenvalue weighted by atomic mass is 10.2. The number of hydrogen-bond donors (Lipinski definition) is 2. The van der Waals surface area contributed by atoms with Gasteiger partial charge in [-0.15, -0.1) is 0 Å². The third-order valence-electron chi connectivity index (χ3n) is 2.00. The lowest BCUT2D eigenvalue weighted by Crippen LogP contribution is -2.53. The molecular formula is C8H17N3O. The van der Waals surface area contributed by atoms with E-state index >= 15 is 0 Å². The van der Waals surface area contributed by atoms with Crippen molar-refractivity contribution in [2.45, 2.75) is 19.0 Å². The third kappa shape index (κ3) is 2.89. The quantitative estimate of drug-likeness (QED) is 0.524. The molecule has 0 aliphatic carbocycles. The fourth-order valence-corrected chi connectivity index (χ4v) is 1.51. The van der Waals surface area contributed by atoms with Crippen LogP contribution >= 0.6 is 0 Å². The van der Waals surface area contributed by atoms with E-state index in [0.717, 1.165) is 32.5 Å². The molecule has 2 atom stereocenters. The number of nitrogens with zero attached hydrogens (tertiary/aromatic N) is 1. The minimum absolute atomic E-state index is 0.00231. The summed E-state index contributed by atoms with van der Waals surface area (Å²) < 4.78 is 0. The summed E-state index contributed by atoms with van der Waals surface area (Å²) in [5.41, 5.74) is 5.66. The number of nitrogens with one attached hydrogen (secondary N) is 1. The van der Waals surface area contributed by atoms with Crippen LogP contribution < -0.4 is 11.1 Å². The molecule has 0 radical (unpaired) electrons. The van der Waals surface area contributed by atoms with Crippen LogP contribution in [-0.4, -0.2) is 49.4 Å². The Balaban J connectivity index is 2.30. The van der Waals surface area contributed by atoms with E-state index in [1.807, 2.05) is 6.92 Å². The predicted molar refractivity (Wildman–Crippen MR) is 47.9 cm³/mol. The second-order valence-corrected chi connectivity index (χ2v) is 3.43. The van der Waals surface area contributed by atoms with E-state index in [0.29, 0.717) is 0 Å². The number of carbonyl (C=O) groups excluding carboxylic acids is 1. The summed E-state index contributed by atoms with van der Waals surface area (Å²) in [5, 5.41) is 3.12. The number of piperazine rings is 1. The van der Waals surface area contributed by atoms with Crippen molar-refractivity contribution in [3.63, 3.8) is 0 Å². The van der Waals surface area contributed by atoms with Gasteiger partial charge in [0.1, 0.15) is 6.29 Å². The zero-order valence-corrected chi connectivity index (χ0v) is 7.49. The third-order valence-corrected chi connectivity index (χ3v) is 2.00. The van der Waals surface area contributed by atoms with Gasteiger partial charge in [0.25, 0.3) is 0 Å². The van der Waals surface area contributed by atoms with Crippen molar-refractivity contribution in [2.75, 3.05) is 26.2 Å². The first-order chi connectivity index (χ1) is 5.72. The van der Waals surface area contributed by atoms with Crippen LogP contribution in [0.3, 0.4) is 0 Å². The molecular weight excluding hydrogens is 154 g/mol. The molecule has 4 nitrogen and oxygen atoms in total. The van der Waals surface area contributed by atoms with E-state index in [1.165, 1.54) is 0 Å². The summed E-state index contributed by atoms with van der Waals surface area (Å²) >= 11 is 0. The topological polar surface area (TPSA) is 58.4 Å². The molecule has 70 valence electrons. The lowest BCUT2D eigenvalue weighted by molar-refractivity contribution is -0.110. The molecule has 0 bridgehead atoms. The molecule has 1 saturated heterocycles. The number of rotatable bonds is 3. The Labute approximate surface area is 73.1 Å². The molecule has 3 N–H and O–H groups in total. The van der Waals surface area contributed by atoms with Crippen LogP contribution in [-0.2, 0) is 4.79 Å². The monoisotopic (exact) mass is 171 g/mol. The fourth-order valence-electron chi connectivity index (χ4n) is 1.51. The van der Waals surface area contributed by atoms with Crippen LogP contribution in [0.25, 0.3) is 0 Å². The van der Waals surface area contributed by atoms with Gasteiger partial charge in [0.15, 0.2) is 0 Å². The van der Waals surface area contributed by atoms with Crippen molar-refractivity contribution in [2.24, 2.45) is 5.73 Å². The standard InChI is InChI=1S/C8H17N3O/c1-7(9)4-11-3-2-10-8(5-11)6-12/h6-8,10H,2-5,9H2,1H3/t7?,8-/m0/s1. The van der Waals surface area contributed by atoms with Gasteiger partial charge in [-0.05, 0) is 6.92 Å². The van der Waals surface area contributed by atoms with Crippen LogP contribution in [0.5, 0.6) is 0 Å². The van der Waals surface area contributed by atoms with Crippen LogP contribution in [0, 0.1) is 0 Å². The summed E-state index contributed by atoms with van der Waals surface area (Å²) in [6.07, 6.45) is 0.966. The maximum Gasteiger partial charge on any atom is 0.138 e. The van der Waals surface area contributed by atoms with Crippen molar-refractivity contribution in [1.29, 1.82) is 0 Å². The summed E-state index contributed by atoms with van der Waals surface area (Å²) in [6.45, 7) is 5.54. The fraction of sp³-hybridized carbons (Fsp3) is 0.875. The smallest absolute Gasteiger partial charge is 0.138 e. The van der Waals surface area contributed by atoms with Gasteiger partial charge in [-0.1, -0.05) is 0 Å². The van der Waals surface area contributed by atoms with Crippen molar-refractivity contribution in [1.82, 2.24) is 10.2 Å². The molecule has 1 rings (SSSR count).